The summed E-state index contributed by atoms with van der Waals surface area (Å²) in [5, 5.41) is 12.2. The van der Waals surface area contributed by atoms with Crippen molar-refractivity contribution in [3.8, 4) is 11.5 Å². The second-order valence-electron chi connectivity index (χ2n) is 7.91. The zero-order valence-corrected chi connectivity index (χ0v) is 19.7. The van der Waals surface area contributed by atoms with Gasteiger partial charge in [0.1, 0.15) is 12.6 Å². The largest absolute Gasteiger partial charge is 0.486 e. The number of carboxylic acid groups (broad SMARTS) is 1. The van der Waals surface area contributed by atoms with Gasteiger partial charge in [0.2, 0.25) is 15.9 Å². The fourth-order valence-electron chi connectivity index (χ4n) is 3.46. The predicted molar refractivity (Wildman–Crippen MR) is 127 cm³/mol. The summed E-state index contributed by atoms with van der Waals surface area (Å²) < 4.78 is 38.9. The molecule has 12 nitrogen and oxygen atoms in total. The lowest BCUT2D eigenvalue weighted by molar-refractivity contribution is -0.139. The predicted octanol–water partition coefficient (Wildman–Crippen LogP) is -0.323. The van der Waals surface area contributed by atoms with Crippen LogP contribution in [0.5, 0.6) is 11.5 Å². The third kappa shape index (κ3) is 7.58. The molecule has 0 saturated carbocycles. The smallest absolute Gasteiger partial charge is 0.322 e. The Labute approximate surface area is 202 Å². The Bertz CT molecular complexity index is 1200. The number of hydrogen-bond acceptors (Lipinski definition) is 7. The van der Waals surface area contributed by atoms with Crippen LogP contribution in [0.2, 0.25) is 0 Å². The van der Waals surface area contributed by atoms with E-state index in [2.05, 4.69) is 15.0 Å². The normalized spacial score (nSPS) is 16.5. The van der Waals surface area contributed by atoms with E-state index in [1.54, 1.807) is 48.5 Å². The topological polar surface area (TPSA) is 195 Å². The molecule has 1 aliphatic rings. The Balaban J connectivity index is 1.71. The van der Waals surface area contributed by atoms with E-state index in [0.29, 0.717) is 22.6 Å². The summed E-state index contributed by atoms with van der Waals surface area (Å²) in [6.07, 6.45) is -1.71. The third-order valence-electron chi connectivity index (χ3n) is 4.94. The number of ether oxygens (including phenoxy) is 2. The fraction of sp³-hybridized carbons (Fsp3) is 0.318. The van der Waals surface area contributed by atoms with Crippen LogP contribution in [0.4, 0.5) is 0 Å². The second-order valence-corrected chi connectivity index (χ2v) is 9.66. The van der Waals surface area contributed by atoms with Gasteiger partial charge in [-0.25, -0.2) is 18.1 Å². The molecule has 0 spiro atoms. The van der Waals surface area contributed by atoms with E-state index in [1.807, 2.05) is 0 Å². The van der Waals surface area contributed by atoms with Gasteiger partial charge < -0.3 is 31.4 Å². The summed E-state index contributed by atoms with van der Waals surface area (Å²) in [6, 6.07) is 11.8. The monoisotopic (exact) mass is 505 g/mol. The molecule has 35 heavy (non-hydrogen) atoms. The standard InChI is InChI=1S/C22H27N5O7S/c1-13(28)25-20(26-22(23)24)19-11-33-18-10-15(7-8-17(18)34-19)9-16(21(29)30)27-35(31,32)12-14-5-3-2-4-6-14/h2-8,10,16,19-20,27H,9,11-12H2,1H3,(H,25,28)(H,29,30)(H4,23,24,26)/t16-,19?,20?/m0/s1. The molecule has 0 fully saturated rings. The van der Waals surface area contributed by atoms with Crippen LogP contribution < -0.4 is 31.0 Å². The fourth-order valence-corrected chi connectivity index (χ4v) is 4.79. The van der Waals surface area contributed by atoms with Crippen molar-refractivity contribution in [3.63, 3.8) is 0 Å². The second kappa shape index (κ2) is 11.1. The number of carbonyl (C=O) groups is 2. The summed E-state index contributed by atoms with van der Waals surface area (Å²) in [6.45, 7) is 1.32. The lowest BCUT2D eigenvalue weighted by Gasteiger charge is -2.31. The average molecular weight is 506 g/mol. The van der Waals surface area contributed by atoms with Crippen LogP contribution in [0.15, 0.2) is 53.5 Å². The molecule has 13 heteroatoms. The highest BCUT2D eigenvalue weighted by Gasteiger charge is 2.31. The van der Waals surface area contributed by atoms with Crippen molar-refractivity contribution in [3.05, 3.63) is 59.7 Å². The Morgan fingerprint density at radius 2 is 1.86 bits per heavy atom. The lowest BCUT2D eigenvalue weighted by atomic mass is 10.1. The van der Waals surface area contributed by atoms with E-state index in [1.165, 1.54) is 6.92 Å². The van der Waals surface area contributed by atoms with Crippen LogP contribution in [0.3, 0.4) is 0 Å². The number of benzene rings is 2. The number of aliphatic imine (C=N–C) groups is 1. The number of carbonyl (C=O) groups excluding carboxylic acids is 1. The molecule has 2 aromatic carbocycles. The molecule has 188 valence electrons. The van der Waals surface area contributed by atoms with Crippen molar-refractivity contribution < 1.29 is 32.6 Å². The lowest BCUT2D eigenvalue weighted by Crippen LogP contribution is -2.49. The Morgan fingerprint density at radius 1 is 1.14 bits per heavy atom. The molecular formula is C22H27N5O7S. The van der Waals surface area contributed by atoms with Gasteiger partial charge in [-0.3, -0.25) is 9.59 Å². The summed E-state index contributed by atoms with van der Waals surface area (Å²) in [4.78, 5) is 27.2. The molecule has 0 bridgehead atoms. The van der Waals surface area contributed by atoms with E-state index < -0.39 is 34.3 Å². The molecule has 2 unspecified atom stereocenters. The van der Waals surface area contributed by atoms with Gasteiger partial charge in [0, 0.05) is 6.92 Å². The van der Waals surface area contributed by atoms with E-state index in [9.17, 15) is 23.1 Å². The van der Waals surface area contributed by atoms with Crippen LogP contribution in [-0.4, -0.2) is 56.3 Å². The number of aliphatic carboxylic acids is 1. The number of hydrogen-bond donors (Lipinski definition) is 5. The van der Waals surface area contributed by atoms with Gasteiger partial charge in [-0.05, 0) is 29.7 Å². The molecule has 2 aromatic rings. The molecule has 7 N–H and O–H groups in total. The molecule has 0 aliphatic carbocycles. The summed E-state index contributed by atoms with van der Waals surface area (Å²) in [5.74, 6) is -1.58. The number of rotatable bonds is 10. The maximum Gasteiger partial charge on any atom is 0.322 e. The number of amides is 1. The zero-order valence-electron chi connectivity index (χ0n) is 18.9. The quantitative estimate of drug-likeness (QED) is 0.212. The number of fused-ring (bicyclic) bond motifs is 1. The first-order valence-electron chi connectivity index (χ1n) is 10.6. The molecule has 0 aromatic heterocycles. The highest BCUT2D eigenvalue weighted by atomic mass is 32.2. The molecule has 1 aliphatic heterocycles. The van der Waals surface area contributed by atoms with Gasteiger partial charge in [0.25, 0.3) is 0 Å². The molecule has 3 rings (SSSR count). The van der Waals surface area contributed by atoms with Crippen molar-refractivity contribution >= 4 is 27.9 Å². The van der Waals surface area contributed by atoms with Gasteiger partial charge in [-0.1, -0.05) is 36.4 Å². The van der Waals surface area contributed by atoms with Crippen LogP contribution in [0.1, 0.15) is 18.1 Å². The summed E-state index contributed by atoms with van der Waals surface area (Å²) in [5.41, 5.74) is 11.9. The van der Waals surface area contributed by atoms with E-state index >= 15 is 0 Å². The first-order valence-corrected chi connectivity index (χ1v) is 12.2. The minimum absolute atomic E-state index is 0.00421. The highest BCUT2D eigenvalue weighted by molar-refractivity contribution is 7.88. The van der Waals surface area contributed by atoms with Crippen molar-refractivity contribution in [1.29, 1.82) is 0 Å². The maximum absolute atomic E-state index is 12.5. The molecule has 0 saturated heterocycles. The molecule has 0 radical (unpaired) electrons. The van der Waals surface area contributed by atoms with E-state index in [-0.39, 0.29) is 30.6 Å². The third-order valence-corrected chi connectivity index (χ3v) is 6.30. The Kier molecular flexibility index (Phi) is 8.14. The number of guanidine groups is 1. The van der Waals surface area contributed by atoms with Crippen LogP contribution in [-0.2, 0) is 31.8 Å². The molecular weight excluding hydrogens is 478 g/mol. The first-order chi connectivity index (χ1) is 16.5. The zero-order chi connectivity index (χ0) is 25.6. The van der Waals surface area contributed by atoms with E-state index in [0.717, 1.165) is 0 Å². The first kappa shape index (κ1) is 25.8. The van der Waals surface area contributed by atoms with Gasteiger partial charge in [-0.2, -0.15) is 0 Å². The van der Waals surface area contributed by atoms with Gasteiger partial charge in [-0.15, -0.1) is 0 Å². The number of nitrogens with two attached hydrogens (primary N) is 2. The summed E-state index contributed by atoms with van der Waals surface area (Å²) >= 11 is 0. The molecule has 1 heterocycles. The van der Waals surface area contributed by atoms with E-state index in [4.69, 9.17) is 20.9 Å². The molecule has 1 amide bonds. The van der Waals surface area contributed by atoms with Crippen molar-refractivity contribution in [2.45, 2.75) is 37.4 Å². The van der Waals surface area contributed by atoms with Gasteiger partial charge in [0.15, 0.2) is 29.7 Å². The Morgan fingerprint density at radius 3 is 2.49 bits per heavy atom. The van der Waals surface area contributed by atoms with Gasteiger partial charge in [0.05, 0.1) is 5.75 Å². The SMILES string of the molecule is CC(=O)NC(N=C(N)N)C1COc2cc(C[C@H](NS(=O)(=O)Cc3ccccc3)C(=O)O)ccc2O1. The van der Waals surface area contributed by atoms with Crippen molar-refractivity contribution in [2.75, 3.05) is 6.61 Å². The van der Waals surface area contributed by atoms with Gasteiger partial charge >= 0.3 is 5.97 Å². The van der Waals surface area contributed by atoms with Crippen LogP contribution >= 0.6 is 0 Å². The van der Waals surface area contributed by atoms with Crippen molar-refractivity contribution in [2.24, 2.45) is 16.5 Å². The minimum Gasteiger partial charge on any atom is -0.486 e. The summed E-state index contributed by atoms with van der Waals surface area (Å²) in [7, 11) is -3.91. The number of nitrogens with one attached hydrogen (secondary N) is 2. The number of carboxylic acids is 1. The minimum atomic E-state index is -3.91. The number of nitrogens with zero attached hydrogens (tertiary/aromatic N) is 1. The van der Waals surface area contributed by atoms with Crippen LogP contribution in [0.25, 0.3) is 0 Å². The maximum atomic E-state index is 12.5. The Hall–Kier alpha value is -3.84. The average Bonchev–Trinajstić information content (AvgIpc) is 2.77. The molecule has 3 atom stereocenters. The highest BCUT2D eigenvalue weighted by Crippen LogP contribution is 2.33. The number of sulfonamides is 1. The van der Waals surface area contributed by atoms with Crippen LogP contribution in [0, 0.1) is 0 Å². The van der Waals surface area contributed by atoms with Crippen molar-refractivity contribution in [1.82, 2.24) is 10.0 Å².